The molecule has 1 heterocycles. The number of aromatic nitrogens is 1. The Hall–Kier alpha value is -2.97. The van der Waals surface area contributed by atoms with Crippen molar-refractivity contribution in [2.75, 3.05) is 45.8 Å². The van der Waals surface area contributed by atoms with Gasteiger partial charge in [-0.3, -0.25) is 9.69 Å². The minimum Gasteiger partial charge on any atom is -0.494 e. The number of hydrogen-bond acceptors (Lipinski definition) is 7. The van der Waals surface area contributed by atoms with E-state index in [1.54, 1.807) is 29.2 Å². The number of rotatable bonds is 8. The Morgan fingerprint density at radius 3 is 2.37 bits per heavy atom. The van der Waals surface area contributed by atoms with Crippen LogP contribution in [0.15, 0.2) is 42.5 Å². The van der Waals surface area contributed by atoms with E-state index in [0.717, 1.165) is 16.0 Å². The molecule has 0 unspecified atom stereocenters. The van der Waals surface area contributed by atoms with Crippen LogP contribution in [0.25, 0.3) is 10.2 Å². The molecule has 0 aliphatic carbocycles. The second kappa shape index (κ2) is 9.69. The van der Waals surface area contributed by atoms with Crippen LogP contribution in [0.4, 0.5) is 5.13 Å². The van der Waals surface area contributed by atoms with E-state index in [0.29, 0.717) is 36.0 Å². The van der Waals surface area contributed by atoms with Crippen LogP contribution < -0.4 is 9.64 Å². The largest absolute Gasteiger partial charge is 0.494 e. The maximum atomic E-state index is 13.3. The fourth-order valence-corrected chi connectivity index (χ4v) is 3.89. The number of amides is 1. The minimum absolute atomic E-state index is 0.169. The topological polar surface area (TPSA) is 72.0 Å². The van der Waals surface area contributed by atoms with Gasteiger partial charge >= 0.3 is 5.97 Å². The summed E-state index contributed by atoms with van der Waals surface area (Å²) in [5.41, 5.74) is 1.70. The van der Waals surface area contributed by atoms with E-state index in [-0.39, 0.29) is 5.91 Å². The van der Waals surface area contributed by atoms with Crippen LogP contribution >= 0.6 is 11.3 Å². The summed E-state index contributed by atoms with van der Waals surface area (Å²) < 4.78 is 11.3. The fraction of sp³-hybridized carbons (Fsp3) is 0.318. The summed E-state index contributed by atoms with van der Waals surface area (Å²) in [6.07, 6.45) is 0. The molecule has 7 nitrogen and oxygen atoms in total. The number of carbonyl (C=O) groups is 2. The predicted octanol–water partition coefficient (Wildman–Crippen LogP) is 3.69. The Bertz CT molecular complexity index is 1030. The Morgan fingerprint density at radius 1 is 1.03 bits per heavy atom. The first-order valence-corrected chi connectivity index (χ1v) is 10.4. The van der Waals surface area contributed by atoms with Gasteiger partial charge in [0.2, 0.25) is 0 Å². The van der Waals surface area contributed by atoms with Crippen molar-refractivity contribution in [3.8, 4) is 5.75 Å². The number of anilines is 1. The molecule has 0 aliphatic heterocycles. The summed E-state index contributed by atoms with van der Waals surface area (Å²) in [6.45, 7) is 3.70. The molecule has 0 saturated carbocycles. The van der Waals surface area contributed by atoms with Crippen molar-refractivity contribution in [3.05, 3.63) is 53.6 Å². The summed E-state index contributed by atoms with van der Waals surface area (Å²) in [4.78, 5) is 33.3. The average Bonchev–Trinajstić information content (AvgIpc) is 3.16. The van der Waals surface area contributed by atoms with E-state index in [1.165, 1.54) is 18.4 Å². The number of benzene rings is 2. The number of ether oxygens (including phenoxy) is 2. The Balaban J connectivity index is 1.93. The van der Waals surface area contributed by atoms with Gasteiger partial charge in [0.25, 0.3) is 5.91 Å². The highest BCUT2D eigenvalue weighted by Gasteiger charge is 2.22. The molecule has 2 aromatic carbocycles. The van der Waals surface area contributed by atoms with E-state index < -0.39 is 5.97 Å². The lowest BCUT2D eigenvalue weighted by atomic mass is 10.1. The van der Waals surface area contributed by atoms with Crippen molar-refractivity contribution in [2.45, 2.75) is 6.92 Å². The third kappa shape index (κ3) is 4.95. The van der Waals surface area contributed by atoms with Crippen molar-refractivity contribution in [3.63, 3.8) is 0 Å². The number of carbonyl (C=O) groups excluding carboxylic acids is 2. The second-order valence-electron chi connectivity index (χ2n) is 6.89. The molecule has 30 heavy (non-hydrogen) atoms. The molecule has 1 aromatic heterocycles. The fourth-order valence-electron chi connectivity index (χ4n) is 2.87. The monoisotopic (exact) mass is 427 g/mol. The molecule has 0 spiro atoms. The highest BCUT2D eigenvalue weighted by Crippen LogP contribution is 2.32. The third-order valence-electron chi connectivity index (χ3n) is 4.46. The maximum absolute atomic E-state index is 13.3. The molecule has 3 aromatic rings. The van der Waals surface area contributed by atoms with Crippen molar-refractivity contribution < 1.29 is 19.1 Å². The molecule has 0 atom stereocenters. The van der Waals surface area contributed by atoms with Gasteiger partial charge < -0.3 is 14.4 Å². The predicted molar refractivity (Wildman–Crippen MR) is 119 cm³/mol. The van der Waals surface area contributed by atoms with E-state index in [4.69, 9.17) is 9.47 Å². The number of methoxy groups -OCH3 is 1. The van der Waals surface area contributed by atoms with Gasteiger partial charge in [0.05, 0.1) is 29.5 Å². The molecular formula is C22H25N3O4S. The zero-order valence-electron chi connectivity index (χ0n) is 17.5. The smallest absolute Gasteiger partial charge is 0.337 e. The number of esters is 1. The Morgan fingerprint density at radius 2 is 1.73 bits per heavy atom. The third-order valence-corrected chi connectivity index (χ3v) is 5.50. The molecule has 1 amide bonds. The lowest BCUT2D eigenvalue weighted by Crippen LogP contribution is -2.36. The van der Waals surface area contributed by atoms with E-state index >= 15 is 0 Å². The van der Waals surface area contributed by atoms with Gasteiger partial charge in [0.1, 0.15) is 5.75 Å². The normalized spacial score (nSPS) is 11.0. The van der Waals surface area contributed by atoms with Crippen molar-refractivity contribution in [1.29, 1.82) is 0 Å². The number of hydrogen-bond donors (Lipinski definition) is 0. The SMILES string of the molecule is CCOc1ccc2nc(N(CCN(C)C)C(=O)c3ccc(C(=O)OC)cc3)sc2c1. The molecule has 0 aliphatic rings. The lowest BCUT2D eigenvalue weighted by molar-refractivity contribution is 0.0600. The zero-order valence-corrected chi connectivity index (χ0v) is 18.4. The standard InChI is InChI=1S/C22H25N3O4S/c1-5-29-17-10-11-18-19(14-17)30-22(23-18)25(13-12-24(2)3)20(26)15-6-8-16(9-7-15)21(27)28-4/h6-11,14H,5,12-13H2,1-4H3. The molecule has 3 rings (SSSR count). The number of nitrogens with zero attached hydrogens (tertiary/aromatic N) is 3. The van der Waals surface area contributed by atoms with Gasteiger partial charge in [0, 0.05) is 18.7 Å². The second-order valence-corrected chi connectivity index (χ2v) is 7.90. The highest BCUT2D eigenvalue weighted by atomic mass is 32.1. The van der Waals surface area contributed by atoms with Gasteiger partial charge in [-0.2, -0.15) is 0 Å². The summed E-state index contributed by atoms with van der Waals surface area (Å²) in [6, 6.07) is 12.2. The van der Waals surface area contributed by atoms with Crippen molar-refractivity contribution in [2.24, 2.45) is 0 Å². The number of thiazole rings is 1. The molecule has 0 fully saturated rings. The van der Waals surface area contributed by atoms with Crippen LogP contribution in [0.5, 0.6) is 5.75 Å². The Labute approximate surface area is 179 Å². The molecule has 0 bridgehead atoms. The zero-order chi connectivity index (χ0) is 21.7. The summed E-state index contributed by atoms with van der Waals surface area (Å²) in [7, 11) is 5.25. The summed E-state index contributed by atoms with van der Waals surface area (Å²) in [5.74, 6) is 0.178. The molecule has 0 saturated heterocycles. The van der Waals surface area contributed by atoms with Crippen molar-refractivity contribution in [1.82, 2.24) is 9.88 Å². The molecule has 0 radical (unpaired) electrons. The Kier molecular flexibility index (Phi) is 7.02. The first kappa shape index (κ1) is 21.7. The first-order chi connectivity index (χ1) is 14.4. The molecular weight excluding hydrogens is 402 g/mol. The van der Waals surface area contributed by atoms with Gasteiger partial charge in [-0.05, 0) is 63.5 Å². The average molecular weight is 428 g/mol. The van der Waals surface area contributed by atoms with Gasteiger partial charge in [0.15, 0.2) is 5.13 Å². The molecule has 158 valence electrons. The van der Waals surface area contributed by atoms with Crippen molar-refractivity contribution >= 4 is 38.6 Å². The summed E-state index contributed by atoms with van der Waals surface area (Å²) in [5, 5.41) is 0.627. The van der Waals surface area contributed by atoms with Crippen LogP contribution in [-0.2, 0) is 4.74 Å². The highest BCUT2D eigenvalue weighted by molar-refractivity contribution is 7.22. The van der Waals surface area contributed by atoms with E-state index in [9.17, 15) is 9.59 Å². The number of fused-ring (bicyclic) bond motifs is 1. The molecule has 0 N–H and O–H groups in total. The quantitative estimate of drug-likeness (QED) is 0.511. The first-order valence-electron chi connectivity index (χ1n) is 9.61. The van der Waals surface area contributed by atoms with Crippen LogP contribution in [0.1, 0.15) is 27.6 Å². The maximum Gasteiger partial charge on any atom is 0.337 e. The summed E-state index contributed by atoms with van der Waals surface area (Å²) >= 11 is 1.45. The number of likely N-dealkylation sites (N-methyl/N-ethyl adjacent to an activating group) is 1. The lowest BCUT2D eigenvalue weighted by Gasteiger charge is -2.22. The van der Waals surface area contributed by atoms with E-state index in [2.05, 4.69) is 4.98 Å². The van der Waals surface area contributed by atoms with Crippen LogP contribution in [0.2, 0.25) is 0 Å². The van der Waals surface area contributed by atoms with E-state index in [1.807, 2.05) is 44.1 Å². The van der Waals surface area contributed by atoms with Gasteiger partial charge in [-0.1, -0.05) is 11.3 Å². The van der Waals surface area contributed by atoms with Crippen LogP contribution in [0.3, 0.4) is 0 Å². The minimum atomic E-state index is -0.435. The molecule has 8 heteroatoms. The van der Waals surface area contributed by atoms with Gasteiger partial charge in [-0.15, -0.1) is 0 Å². The van der Waals surface area contributed by atoms with Crippen LogP contribution in [-0.4, -0.2) is 62.7 Å². The van der Waals surface area contributed by atoms with Gasteiger partial charge in [-0.25, -0.2) is 9.78 Å². The van der Waals surface area contributed by atoms with Crippen LogP contribution in [0, 0.1) is 0 Å².